The Morgan fingerprint density at radius 2 is 1.80 bits per heavy atom. The zero-order valence-electron chi connectivity index (χ0n) is 16.3. The topological polar surface area (TPSA) is 111 Å². The third-order valence-corrected chi connectivity index (χ3v) is 7.28. The Labute approximate surface area is 174 Å². The van der Waals surface area contributed by atoms with E-state index in [9.17, 15) is 18.5 Å². The van der Waals surface area contributed by atoms with E-state index in [0.717, 1.165) is 10.4 Å². The molecule has 0 bridgehead atoms. The van der Waals surface area contributed by atoms with Gasteiger partial charge in [0.1, 0.15) is 12.4 Å². The monoisotopic (exact) mass is 424 g/mol. The van der Waals surface area contributed by atoms with E-state index in [2.05, 4.69) is 16.0 Å². The highest BCUT2D eigenvalue weighted by atomic mass is 32.2. The molecule has 1 atom stereocenters. The maximum Gasteiger partial charge on any atom is 0.243 e. The minimum absolute atomic E-state index is 0.161. The van der Waals surface area contributed by atoms with Crippen LogP contribution in [-0.2, 0) is 14.8 Å². The number of fused-ring (bicyclic) bond motifs is 1. The van der Waals surface area contributed by atoms with Gasteiger partial charge in [-0.3, -0.25) is 4.79 Å². The number of nitriles is 1. The van der Waals surface area contributed by atoms with Crippen molar-refractivity contribution in [2.45, 2.75) is 10.8 Å². The van der Waals surface area contributed by atoms with Crippen LogP contribution in [0.4, 0.5) is 0 Å². The number of hydrogen-bond donors (Lipinski definition) is 2. The summed E-state index contributed by atoms with van der Waals surface area (Å²) in [6, 6.07) is 17.8. The van der Waals surface area contributed by atoms with Crippen molar-refractivity contribution in [3.05, 3.63) is 60.4 Å². The van der Waals surface area contributed by atoms with Crippen LogP contribution in [0.3, 0.4) is 0 Å². The molecule has 1 aromatic heterocycles. The van der Waals surface area contributed by atoms with E-state index in [-0.39, 0.29) is 17.2 Å². The second-order valence-electron chi connectivity index (χ2n) is 7.31. The average Bonchev–Trinajstić information content (AvgIpc) is 3.19. The number of sulfonamides is 1. The lowest BCUT2D eigenvalue weighted by Crippen LogP contribution is -3.15. The highest BCUT2D eigenvalue weighted by Gasteiger charge is 2.33. The van der Waals surface area contributed by atoms with Gasteiger partial charge in [-0.1, -0.05) is 30.3 Å². The summed E-state index contributed by atoms with van der Waals surface area (Å²) >= 11 is 0. The van der Waals surface area contributed by atoms with Gasteiger partial charge in [-0.2, -0.15) is 9.57 Å². The van der Waals surface area contributed by atoms with E-state index in [0.29, 0.717) is 37.5 Å². The summed E-state index contributed by atoms with van der Waals surface area (Å²) < 4.78 is 26.9. The maximum atomic E-state index is 12.8. The Morgan fingerprint density at radius 3 is 2.47 bits per heavy atom. The Kier molecular flexibility index (Phi) is 5.63. The van der Waals surface area contributed by atoms with Crippen LogP contribution in [0, 0.1) is 11.3 Å². The predicted molar refractivity (Wildman–Crippen MR) is 110 cm³/mol. The Bertz CT molecular complexity index is 1160. The van der Waals surface area contributed by atoms with Gasteiger partial charge in [0, 0.05) is 0 Å². The first-order valence-corrected chi connectivity index (χ1v) is 11.2. The average molecular weight is 425 g/mol. The van der Waals surface area contributed by atoms with E-state index in [1.807, 2.05) is 24.3 Å². The van der Waals surface area contributed by atoms with E-state index in [4.69, 9.17) is 0 Å². The summed E-state index contributed by atoms with van der Waals surface area (Å²) in [5, 5.41) is 9.55. The number of benzene rings is 2. The van der Waals surface area contributed by atoms with Gasteiger partial charge in [0.15, 0.2) is 5.92 Å². The van der Waals surface area contributed by atoms with Gasteiger partial charge in [0.05, 0.1) is 48.2 Å². The highest BCUT2D eigenvalue weighted by Crippen LogP contribution is 2.18. The zero-order chi connectivity index (χ0) is 21.1. The number of Topliss-reactive ketones (excluding diaryl/α,β-unsaturated/α-hetero) is 1. The molecule has 2 N–H and O–H groups in total. The minimum atomic E-state index is -3.53. The van der Waals surface area contributed by atoms with Gasteiger partial charge in [-0.15, -0.1) is 0 Å². The molecule has 3 aromatic rings. The molecule has 0 aliphatic carbocycles. The Balaban J connectivity index is 1.39. The van der Waals surface area contributed by atoms with E-state index in [1.54, 1.807) is 30.3 Å². The SMILES string of the molecule is N#C[C@H](C(=O)C[NH+]1CCN(S(=O)(=O)c2ccccc2)CC1)c1nc2ccccc2[nH]1. The molecule has 1 aliphatic rings. The normalized spacial score (nSPS) is 16.9. The molecule has 154 valence electrons. The third kappa shape index (κ3) is 3.98. The maximum absolute atomic E-state index is 12.8. The first-order chi connectivity index (χ1) is 14.5. The van der Waals surface area contributed by atoms with Crippen molar-refractivity contribution >= 4 is 26.8 Å². The second kappa shape index (κ2) is 8.36. The molecule has 1 saturated heterocycles. The Hall–Kier alpha value is -3.06. The number of ketones is 1. The van der Waals surface area contributed by atoms with Crippen molar-refractivity contribution in [2.24, 2.45) is 0 Å². The first-order valence-electron chi connectivity index (χ1n) is 9.75. The van der Waals surface area contributed by atoms with Crippen LogP contribution in [0.5, 0.6) is 0 Å². The van der Waals surface area contributed by atoms with E-state index < -0.39 is 15.9 Å². The van der Waals surface area contributed by atoms with Crippen LogP contribution in [0.2, 0.25) is 0 Å². The number of nitrogens with one attached hydrogen (secondary N) is 2. The molecule has 8 nitrogen and oxygen atoms in total. The number of carbonyl (C=O) groups excluding carboxylic acids is 1. The number of aromatic amines is 1. The van der Waals surface area contributed by atoms with Crippen molar-refractivity contribution in [1.82, 2.24) is 14.3 Å². The fourth-order valence-electron chi connectivity index (χ4n) is 3.70. The van der Waals surface area contributed by atoms with Crippen molar-refractivity contribution < 1.29 is 18.1 Å². The fourth-order valence-corrected chi connectivity index (χ4v) is 5.17. The van der Waals surface area contributed by atoms with Crippen LogP contribution >= 0.6 is 0 Å². The fraction of sp³-hybridized carbons (Fsp3) is 0.286. The van der Waals surface area contributed by atoms with Crippen molar-refractivity contribution in [3.63, 3.8) is 0 Å². The van der Waals surface area contributed by atoms with E-state index >= 15 is 0 Å². The predicted octanol–water partition coefficient (Wildman–Crippen LogP) is 0.329. The van der Waals surface area contributed by atoms with Crippen molar-refractivity contribution in [1.29, 1.82) is 5.26 Å². The first kappa shape index (κ1) is 20.2. The summed E-state index contributed by atoms with van der Waals surface area (Å²) in [7, 11) is -3.53. The number of imidazole rings is 1. The summed E-state index contributed by atoms with van der Waals surface area (Å²) in [6.07, 6.45) is 0. The Morgan fingerprint density at radius 1 is 1.13 bits per heavy atom. The molecule has 0 radical (unpaired) electrons. The number of nitrogens with zero attached hydrogens (tertiary/aromatic N) is 3. The molecular formula is C21H22N5O3S+. The van der Waals surface area contributed by atoms with Crippen LogP contribution in [-0.4, -0.2) is 61.2 Å². The molecule has 1 fully saturated rings. The largest absolute Gasteiger partial charge is 0.340 e. The summed E-state index contributed by atoms with van der Waals surface area (Å²) in [4.78, 5) is 21.5. The van der Waals surface area contributed by atoms with E-state index in [1.165, 1.54) is 4.31 Å². The standard InChI is InChI=1S/C21H21N5O3S/c22-14-17(21-23-18-8-4-5-9-19(18)24-21)20(27)15-25-10-12-26(13-11-25)30(28,29)16-6-2-1-3-7-16/h1-9,17H,10-13,15H2,(H,23,24)/p+1/t17-/m1/s1. The molecule has 0 saturated carbocycles. The molecule has 9 heteroatoms. The number of rotatable bonds is 6. The van der Waals surface area contributed by atoms with Crippen LogP contribution in [0.1, 0.15) is 11.7 Å². The number of H-pyrrole nitrogens is 1. The number of para-hydroxylation sites is 2. The van der Waals surface area contributed by atoms with Crippen LogP contribution in [0.15, 0.2) is 59.5 Å². The number of quaternary nitrogens is 1. The van der Waals surface area contributed by atoms with Gasteiger partial charge >= 0.3 is 0 Å². The van der Waals surface area contributed by atoms with Crippen LogP contribution < -0.4 is 4.90 Å². The molecule has 30 heavy (non-hydrogen) atoms. The summed E-state index contributed by atoms with van der Waals surface area (Å²) in [6.45, 7) is 1.85. The van der Waals surface area contributed by atoms with Gasteiger partial charge in [0.25, 0.3) is 0 Å². The molecular weight excluding hydrogens is 402 g/mol. The van der Waals surface area contributed by atoms with Crippen molar-refractivity contribution in [3.8, 4) is 6.07 Å². The quantitative estimate of drug-likeness (QED) is 0.592. The zero-order valence-corrected chi connectivity index (χ0v) is 17.1. The molecule has 0 unspecified atom stereocenters. The van der Waals surface area contributed by atoms with Gasteiger partial charge in [-0.25, -0.2) is 13.4 Å². The lowest BCUT2D eigenvalue weighted by Gasteiger charge is -2.31. The summed E-state index contributed by atoms with van der Waals surface area (Å²) in [5.41, 5.74) is 1.50. The number of hydrogen-bond acceptors (Lipinski definition) is 5. The minimum Gasteiger partial charge on any atom is -0.340 e. The molecule has 0 spiro atoms. The smallest absolute Gasteiger partial charge is 0.243 e. The molecule has 4 rings (SSSR count). The number of carbonyl (C=O) groups is 1. The van der Waals surface area contributed by atoms with Gasteiger partial charge in [-0.05, 0) is 24.3 Å². The summed E-state index contributed by atoms with van der Waals surface area (Å²) in [5.74, 6) is -0.824. The molecule has 0 amide bonds. The van der Waals surface area contributed by atoms with Crippen LogP contribution in [0.25, 0.3) is 11.0 Å². The van der Waals surface area contributed by atoms with Gasteiger partial charge in [0.2, 0.25) is 15.8 Å². The molecule has 2 aromatic carbocycles. The number of aromatic nitrogens is 2. The lowest BCUT2D eigenvalue weighted by atomic mass is 10.0. The third-order valence-electron chi connectivity index (χ3n) is 5.37. The highest BCUT2D eigenvalue weighted by molar-refractivity contribution is 7.89. The van der Waals surface area contributed by atoms with Gasteiger partial charge < -0.3 is 9.88 Å². The lowest BCUT2D eigenvalue weighted by molar-refractivity contribution is -0.895. The van der Waals surface area contributed by atoms with Crippen molar-refractivity contribution in [2.75, 3.05) is 32.7 Å². The molecule has 1 aliphatic heterocycles. The second-order valence-corrected chi connectivity index (χ2v) is 9.25. The molecule has 2 heterocycles. The number of piperazine rings is 1.